The maximum atomic E-state index is 6.10. The molecule has 76 valence electrons. The van der Waals surface area contributed by atoms with E-state index >= 15 is 0 Å². The first-order chi connectivity index (χ1) is 5.66. The molecule has 0 radical (unpaired) electrons. The number of hydrogen-bond acceptors (Lipinski definition) is 2. The third kappa shape index (κ3) is 2.97. The molecule has 1 rings (SSSR count). The zero-order chi connectivity index (χ0) is 9.14. The van der Waals surface area contributed by atoms with Crippen molar-refractivity contribution < 1.29 is 0 Å². The lowest BCUT2D eigenvalue weighted by Crippen LogP contribution is -2.17. The monoisotopic (exact) mass is 219 g/mol. The summed E-state index contributed by atoms with van der Waals surface area (Å²) >= 11 is 1.78. The molecule has 13 heavy (non-hydrogen) atoms. The van der Waals surface area contributed by atoms with Crippen LogP contribution in [-0.2, 0) is 0 Å². The normalized spacial score (nSPS) is 14.8. The fourth-order valence-electron chi connectivity index (χ4n) is 1.24. The van der Waals surface area contributed by atoms with E-state index < -0.39 is 0 Å². The Morgan fingerprint density at radius 2 is 2.15 bits per heavy atom. The minimum Gasteiger partial charge on any atom is -0.323 e. The molecule has 1 aromatic rings. The Bertz CT molecular complexity index is 247. The molecule has 0 aliphatic heterocycles. The van der Waals surface area contributed by atoms with Gasteiger partial charge in [0.05, 0.1) is 0 Å². The van der Waals surface area contributed by atoms with E-state index in [9.17, 15) is 0 Å². The molecule has 2 N–H and O–H groups in total. The number of hydrogen-bond donors (Lipinski definition) is 1. The topological polar surface area (TPSA) is 26.0 Å². The van der Waals surface area contributed by atoms with E-state index in [0.29, 0.717) is 5.92 Å². The molecule has 0 amide bonds. The van der Waals surface area contributed by atoms with Gasteiger partial charge in [-0.2, -0.15) is 0 Å². The molecule has 0 aromatic carbocycles. The van der Waals surface area contributed by atoms with Gasteiger partial charge in [-0.3, -0.25) is 0 Å². The quantitative estimate of drug-likeness (QED) is 0.827. The molecular weight excluding hydrogens is 202 g/mol. The van der Waals surface area contributed by atoms with Crippen LogP contribution in [0.1, 0.15) is 36.8 Å². The van der Waals surface area contributed by atoms with E-state index in [4.69, 9.17) is 5.73 Å². The van der Waals surface area contributed by atoms with Crippen molar-refractivity contribution in [3.63, 3.8) is 0 Å². The van der Waals surface area contributed by atoms with Crippen LogP contribution in [0.2, 0.25) is 0 Å². The van der Waals surface area contributed by atoms with E-state index in [1.54, 1.807) is 11.3 Å². The van der Waals surface area contributed by atoms with Crippen molar-refractivity contribution in [3.8, 4) is 0 Å². The summed E-state index contributed by atoms with van der Waals surface area (Å²) in [5, 5.41) is 2.12. The molecule has 1 unspecified atom stereocenters. The van der Waals surface area contributed by atoms with Gasteiger partial charge in [-0.1, -0.05) is 20.3 Å². The third-order valence-corrected chi connectivity index (χ3v) is 3.58. The van der Waals surface area contributed by atoms with Gasteiger partial charge in [0.1, 0.15) is 0 Å². The Kier molecular flexibility index (Phi) is 5.61. The van der Waals surface area contributed by atoms with Crippen LogP contribution in [0.15, 0.2) is 11.4 Å². The first-order valence-corrected chi connectivity index (χ1v) is 5.34. The first kappa shape index (κ1) is 12.9. The maximum absolute atomic E-state index is 6.10. The number of rotatable bonds is 3. The average molecular weight is 220 g/mol. The van der Waals surface area contributed by atoms with Gasteiger partial charge in [-0.05, 0) is 29.9 Å². The summed E-state index contributed by atoms with van der Waals surface area (Å²) in [6.07, 6.45) is 1.15. The summed E-state index contributed by atoms with van der Waals surface area (Å²) in [6.45, 7) is 6.53. The van der Waals surface area contributed by atoms with E-state index in [0.717, 1.165) is 6.42 Å². The van der Waals surface area contributed by atoms with Crippen LogP contribution in [0.4, 0.5) is 0 Å². The van der Waals surface area contributed by atoms with Gasteiger partial charge in [-0.25, -0.2) is 0 Å². The second kappa shape index (κ2) is 5.63. The van der Waals surface area contributed by atoms with Gasteiger partial charge < -0.3 is 5.73 Å². The third-order valence-electron chi connectivity index (χ3n) is 2.46. The van der Waals surface area contributed by atoms with Crippen molar-refractivity contribution in [1.29, 1.82) is 0 Å². The minimum absolute atomic E-state index is 0. The predicted molar refractivity (Wildman–Crippen MR) is 62.7 cm³/mol. The lowest BCUT2D eigenvalue weighted by molar-refractivity contribution is 0.461. The van der Waals surface area contributed by atoms with Gasteiger partial charge in [0, 0.05) is 10.9 Å². The van der Waals surface area contributed by atoms with Crippen molar-refractivity contribution in [2.45, 2.75) is 33.2 Å². The number of aryl methyl sites for hydroxylation is 1. The molecule has 1 heterocycles. The van der Waals surface area contributed by atoms with Gasteiger partial charge in [0.25, 0.3) is 0 Å². The Balaban J connectivity index is 0.00000144. The molecule has 1 aromatic heterocycles. The zero-order valence-corrected chi connectivity index (χ0v) is 10.0. The summed E-state index contributed by atoms with van der Waals surface area (Å²) in [6, 6.07) is 2.37. The summed E-state index contributed by atoms with van der Waals surface area (Å²) in [5.74, 6) is 0.586. The fraction of sp³-hybridized carbons (Fsp3) is 0.600. The highest BCUT2D eigenvalue weighted by molar-refractivity contribution is 7.10. The summed E-state index contributed by atoms with van der Waals surface area (Å²) < 4.78 is 0. The van der Waals surface area contributed by atoms with E-state index in [1.807, 2.05) is 0 Å². The highest BCUT2D eigenvalue weighted by atomic mass is 35.5. The molecule has 0 spiro atoms. The number of halogens is 1. The van der Waals surface area contributed by atoms with E-state index in [-0.39, 0.29) is 18.4 Å². The molecule has 2 atom stereocenters. The highest BCUT2D eigenvalue weighted by Crippen LogP contribution is 2.28. The largest absolute Gasteiger partial charge is 0.323 e. The molecule has 0 saturated carbocycles. The molecular formula is C10H18ClNS. The van der Waals surface area contributed by atoms with Crippen molar-refractivity contribution in [1.82, 2.24) is 0 Å². The van der Waals surface area contributed by atoms with Crippen LogP contribution < -0.4 is 5.73 Å². The molecule has 0 fully saturated rings. The standard InChI is InChI=1S/C10H17NS.ClH/c1-4-7(2)9(11)10-8(3)5-6-12-10;/h5-7,9H,4,11H2,1-3H3;1H/t7?,9-;/m1./s1. The zero-order valence-electron chi connectivity index (χ0n) is 8.41. The van der Waals surface area contributed by atoms with Crippen LogP contribution in [0, 0.1) is 12.8 Å². The second-order valence-corrected chi connectivity index (χ2v) is 4.33. The lowest BCUT2D eigenvalue weighted by atomic mass is 9.97. The molecule has 0 aliphatic carbocycles. The maximum Gasteiger partial charge on any atom is 0.0418 e. The van der Waals surface area contributed by atoms with Crippen LogP contribution in [0.5, 0.6) is 0 Å². The van der Waals surface area contributed by atoms with Crippen LogP contribution in [-0.4, -0.2) is 0 Å². The molecule has 0 saturated heterocycles. The van der Waals surface area contributed by atoms with E-state index in [1.165, 1.54) is 10.4 Å². The summed E-state index contributed by atoms with van der Waals surface area (Å²) in [5.41, 5.74) is 7.45. The summed E-state index contributed by atoms with van der Waals surface area (Å²) in [7, 11) is 0. The first-order valence-electron chi connectivity index (χ1n) is 4.46. The van der Waals surface area contributed by atoms with Crippen LogP contribution in [0.25, 0.3) is 0 Å². The number of thiophene rings is 1. The Hall–Kier alpha value is -0.0500. The minimum atomic E-state index is 0. The predicted octanol–water partition coefficient (Wildman–Crippen LogP) is 3.52. The van der Waals surface area contributed by atoms with Gasteiger partial charge >= 0.3 is 0 Å². The molecule has 0 bridgehead atoms. The molecule has 1 nitrogen and oxygen atoms in total. The van der Waals surface area contributed by atoms with Crippen molar-refractivity contribution in [3.05, 3.63) is 21.9 Å². The second-order valence-electron chi connectivity index (χ2n) is 3.38. The van der Waals surface area contributed by atoms with Crippen molar-refractivity contribution in [2.24, 2.45) is 11.7 Å². The highest BCUT2D eigenvalue weighted by Gasteiger charge is 2.15. The Labute approximate surface area is 90.8 Å². The Morgan fingerprint density at radius 3 is 2.54 bits per heavy atom. The smallest absolute Gasteiger partial charge is 0.0418 e. The fourth-order valence-corrected chi connectivity index (χ4v) is 2.30. The average Bonchev–Trinajstić information content (AvgIpc) is 2.48. The van der Waals surface area contributed by atoms with E-state index in [2.05, 4.69) is 32.2 Å². The van der Waals surface area contributed by atoms with Crippen molar-refractivity contribution in [2.75, 3.05) is 0 Å². The summed E-state index contributed by atoms with van der Waals surface area (Å²) in [4.78, 5) is 1.35. The molecule has 0 aliphatic rings. The Morgan fingerprint density at radius 1 is 1.54 bits per heavy atom. The van der Waals surface area contributed by atoms with Gasteiger partial charge in [0.2, 0.25) is 0 Å². The van der Waals surface area contributed by atoms with Gasteiger partial charge in [0.15, 0.2) is 0 Å². The molecule has 3 heteroatoms. The van der Waals surface area contributed by atoms with Crippen molar-refractivity contribution >= 4 is 23.7 Å². The van der Waals surface area contributed by atoms with Crippen LogP contribution in [0.3, 0.4) is 0 Å². The SMILES string of the molecule is CCC(C)[C@@H](N)c1sccc1C.Cl. The lowest BCUT2D eigenvalue weighted by Gasteiger charge is -2.17. The number of nitrogens with two attached hydrogens (primary N) is 1. The van der Waals surface area contributed by atoms with Crippen LogP contribution >= 0.6 is 23.7 Å². The van der Waals surface area contributed by atoms with Gasteiger partial charge in [-0.15, -0.1) is 23.7 Å².